The van der Waals surface area contributed by atoms with Crippen molar-refractivity contribution < 1.29 is 32.9 Å². The highest BCUT2D eigenvalue weighted by atomic mass is 35.5. The van der Waals surface area contributed by atoms with E-state index in [1.54, 1.807) is 18.2 Å². The van der Waals surface area contributed by atoms with Crippen LogP contribution in [0.1, 0.15) is 24.7 Å². The summed E-state index contributed by atoms with van der Waals surface area (Å²) in [5.41, 5.74) is 0.642. The predicted octanol–water partition coefficient (Wildman–Crippen LogP) is 1.78. The summed E-state index contributed by atoms with van der Waals surface area (Å²) in [4.78, 5) is 13.2. The zero-order valence-electron chi connectivity index (χ0n) is 13.2. The Morgan fingerprint density at radius 1 is 1.23 bits per heavy atom. The van der Waals surface area contributed by atoms with Gasteiger partial charge < -0.3 is 19.7 Å². The number of nitrogens with two attached hydrogens (primary N) is 1. The zero-order chi connectivity index (χ0) is 19.3. The largest absolute Gasteiger partial charge is 0.542 e. The molecule has 0 atom stereocenters. The third-order valence-electron chi connectivity index (χ3n) is 3.65. The van der Waals surface area contributed by atoms with Gasteiger partial charge in [-0.3, -0.25) is 0 Å². The van der Waals surface area contributed by atoms with Crippen LogP contribution in [0, 0.1) is 0 Å². The molecule has 0 aliphatic carbocycles. The van der Waals surface area contributed by atoms with Gasteiger partial charge in [-0.05, 0) is 12.1 Å². The number of benzene rings is 1. The molecule has 2 N–H and O–H groups in total. The minimum absolute atomic E-state index is 0.354. The van der Waals surface area contributed by atoms with Crippen LogP contribution in [0.3, 0.4) is 0 Å². The molecule has 1 aromatic carbocycles. The highest BCUT2D eigenvalue weighted by Crippen LogP contribution is 2.34. The summed E-state index contributed by atoms with van der Waals surface area (Å²) < 4.78 is 36.9. The summed E-state index contributed by atoms with van der Waals surface area (Å²) >= 11 is 12.3. The number of carbonyl (C=O) groups excluding carboxylic acids is 1. The van der Waals surface area contributed by atoms with Crippen LogP contribution >= 0.6 is 23.2 Å². The molecular formula is C15H14Cl2F3N3O3. The lowest BCUT2D eigenvalue weighted by atomic mass is 9.98. The average Bonchev–Trinajstić information content (AvgIpc) is 3.05. The molecule has 1 aliphatic rings. The fraction of sp³-hybridized carbons (Fsp3) is 0.400. The molecule has 142 valence electrons. The first-order valence-electron chi connectivity index (χ1n) is 7.58. The maximum absolute atomic E-state index is 10.5. The SMILES string of the molecule is Clc1cccc(Cl)c1-c1noc(C2CC[NH2+]CC2)n1.O=C([O-])C(F)(F)F. The van der Waals surface area contributed by atoms with Crippen LogP contribution in [-0.2, 0) is 4.79 Å². The number of aliphatic carboxylic acids is 1. The number of halogens is 5. The number of aromatic nitrogens is 2. The number of nitrogens with zero attached hydrogens (tertiary/aromatic N) is 2. The van der Waals surface area contributed by atoms with Gasteiger partial charge in [-0.15, -0.1) is 0 Å². The summed E-state index contributed by atoms with van der Waals surface area (Å²) in [5, 5.41) is 16.2. The molecule has 0 amide bonds. The van der Waals surface area contributed by atoms with Crippen molar-refractivity contribution in [2.24, 2.45) is 0 Å². The fourth-order valence-electron chi connectivity index (χ4n) is 2.39. The Hall–Kier alpha value is -1.84. The molecule has 1 aliphatic heterocycles. The molecule has 3 rings (SSSR count). The number of carboxylic acid groups (broad SMARTS) is 1. The number of alkyl halides is 3. The lowest BCUT2D eigenvalue weighted by molar-refractivity contribution is -0.663. The van der Waals surface area contributed by atoms with Gasteiger partial charge in [-0.25, -0.2) is 0 Å². The van der Waals surface area contributed by atoms with E-state index >= 15 is 0 Å². The smallest absolute Gasteiger partial charge is 0.430 e. The van der Waals surface area contributed by atoms with E-state index in [4.69, 9.17) is 37.6 Å². The summed E-state index contributed by atoms with van der Waals surface area (Å²) in [6, 6.07) is 5.34. The Balaban J connectivity index is 0.000000298. The zero-order valence-corrected chi connectivity index (χ0v) is 14.7. The number of hydrogen-bond acceptors (Lipinski definition) is 5. The quantitative estimate of drug-likeness (QED) is 0.812. The number of piperidine rings is 1. The lowest BCUT2D eigenvalue weighted by Crippen LogP contribution is -2.86. The summed E-state index contributed by atoms with van der Waals surface area (Å²) in [5.74, 6) is -1.49. The predicted molar refractivity (Wildman–Crippen MR) is 84.5 cm³/mol. The molecular weight excluding hydrogens is 398 g/mol. The minimum Gasteiger partial charge on any atom is -0.542 e. The molecule has 2 heterocycles. The monoisotopic (exact) mass is 411 g/mol. The van der Waals surface area contributed by atoms with Gasteiger partial charge in [0.25, 0.3) is 0 Å². The molecule has 11 heteroatoms. The van der Waals surface area contributed by atoms with E-state index in [9.17, 15) is 13.2 Å². The van der Waals surface area contributed by atoms with E-state index in [1.165, 1.54) is 0 Å². The maximum Gasteiger partial charge on any atom is 0.430 e. The van der Waals surface area contributed by atoms with E-state index in [2.05, 4.69) is 15.5 Å². The Kier molecular flexibility index (Phi) is 6.85. The van der Waals surface area contributed by atoms with E-state index in [0.717, 1.165) is 25.9 Å². The first-order valence-corrected chi connectivity index (χ1v) is 8.33. The molecule has 1 fully saturated rings. The molecule has 1 saturated heterocycles. The van der Waals surface area contributed by atoms with Gasteiger partial charge in [0, 0.05) is 18.8 Å². The van der Waals surface area contributed by atoms with Gasteiger partial charge in [0.15, 0.2) is 0 Å². The highest BCUT2D eigenvalue weighted by Gasteiger charge is 2.29. The molecule has 2 aromatic rings. The molecule has 1 aromatic heterocycles. The Morgan fingerprint density at radius 2 is 1.77 bits per heavy atom. The van der Waals surface area contributed by atoms with Crippen molar-refractivity contribution in [3.63, 3.8) is 0 Å². The van der Waals surface area contributed by atoms with Crippen LogP contribution in [0.15, 0.2) is 22.7 Å². The first kappa shape index (κ1) is 20.5. The molecule has 0 saturated carbocycles. The first-order chi connectivity index (χ1) is 12.2. The van der Waals surface area contributed by atoms with Crippen LogP contribution < -0.4 is 10.4 Å². The van der Waals surface area contributed by atoms with Gasteiger partial charge in [0.05, 0.1) is 28.7 Å². The van der Waals surface area contributed by atoms with Crippen molar-refractivity contribution in [3.8, 4) is 11.4 Å². The number of carbonyl (C=O) groups is 1. The Labute approximate surface area is 156 Å². The summed E-state index contributed by atoms with van der Waals surface area (Å²) in [6.45, 7) is 2.21. The van der Waals surface area contributed by atoms with E-state index in [-0.39, 0.29) is 0 Å². The van der Waals surface area contributed by atoms with Crippen molar-refractivity contribution in [1.29, 1.82) is 0 Å². The van der Waals surface area contributed by atoms with Crippen LogP contribution in [0.4, 0.5) is 13.2 Å². The van der Waals surface area contributed by atoms with Crippen LogP contribution in [0.2, 0.25) is 10.0 Å². The van der Waals surface area contributed by atoms with Crippen molar-refractivity contribution in [2.45, 2.75) is 24.9 Å². The van der Waals surface area contributed by atoms with Crippen LogP contribution in [0.25, 0.3) is 11.4 Å². The van der Waals surface area contributed by atoms with Gasteiger partial charge >= 0.3 is 6.18 Å². The van der Waals surface area contributed by atoms with Crippen molar-refractivity contribution in [1.82, 2.24) is 10.1 Å². The molecule has 26 heavy (non-hydrogen) atoms. The van der Waals surface area contributed by atoms with Crippen molar-refractivity contribution >= 4 is 29.2 Å². The van der Waals surface area contributed by atoms with Gasteiger partial charge in [0.2, 0.25) is 11.7 Å². The number of quaternary nitrogens is 1. The van der Waals surface area contributed by atoms with Crippen LogP contribution in [-0.4, -0.2) is 35.4 Å². The number of hydrogen-bond donors (Lipinski definition) is 1. The molecule has 0 unspecified atom stereocenters. The van der Waals surface area contributed by atoms with Gasteiger partial charge in [-0.2, -0.15) is 18.2 Å². The van der Waals surface area contributed by atoms with Gasteiger partial charge in [0.1, 0.15) is 5.97 Å². The molecule has 6 nitrogen and oxygen atoms in total. The summed E-state index contributed by atoms with van der Waals surface area (Å²) in [7, 11) is 0. The Morgan fingerprint density at radius 3 is 2.27 bits per heavy atom. The third kappa shape index (κ3) is 5.33. The van der Waals surface area contributed by atoms with Crippen LogP contribution in [0.5, 0.6) is 0 Å². The van der Waals surface area contributed by atoms with Crippen molar-refractivity contribution in [2.75, 3.05) is 13.1 Å². The van der Waals surface area contributed by atoms with E-state index in [0.29, 0.717) is 33.2 Å². The fourth-order valence-corrected chi connectivity index (χ4v) is 2.95. The van der Waals surface area contributed by atoms with Crippen molar-refractivity contribution in [3.05, 3.63) is 34.1 Å². The molecule has 0 bridgehead atoms. The minimum atomic E-state index is -5.19. The van der Waals surface area contributed by atoms with Gasteiger partial charge in [-0.1, -0.05) is 34.4 Å². The number of carboxylic acids is 1. The maximum atomic E-state index is 10.5. The van der Waals surface area contributed by atoms with E-state index in [1.807, 2.05) is 0 Å². The second-order valence-corrected chi connectivity index (χ2v) is 6.29. The lowest BCUT2D eigenvalue weighted by Gasteiger charge is -2.15. The molecule has 0 radical (unpaired) electrons. The Bertz CT molecular complexity index is 742. The second kappa shape index (κ2) is 8.70. The number of rotatable bonds is 2. The van der Waals surface area contributed by atoms with E-state index < -0.39 is 12.1 Å². The summed E-state index contributed by atoms with van der Waals surface area (Å²) in [6.07, 6.45) is -3.06. The normalized spacial score (nSPS) is 15.3. The second-order valence-electron chi connectivity index (χ2n) is 5.48. The third-order valence-corrected chi connectivity index (χ3v) is 4.28. The topological polar surface area (TPSA) is 95.7 Å². The molecule has 0 spiro atoms. The average molecular weight is 412 g/mol. The highest BCUT2D eigenvalue weighted by molar-refractivity contribution is 6.38. The standard InChI is InChI=1S/C13H13Cl2N3O.C2HF3O2/c14-9-2-1-3-10(15)11(9)12-17-13(19-18-12)8-4-6-16-7-5-8;3-2(4,5)1(6)7/h1-3,8,16H,4-7H2;(H,6,7).